The maximum Gasteiger partial charge on any atom is 0.157 e. The van der Waals surface area contributed by atoms with E-state index in [1.165, 1.54) is 0 Å². The second-order valence-corrected chi connectivity index (χ2v) is 4.87. The van der Waals surface area contributed by atoms with Crippen molar-refractivity contribution < 1.29 is 0 Å². The Balaban J connectivity index is 2.01. The zero-order valence-corrected chi connectivity index (χ0v) is 11.1. The van der Waals surface area contributed by atoms with Crippen molar-refractivity contribution in [3.8, 4) is 0 Å². The third kappa shape index (κ3) is 1.97. The van der Waals surface area contributed by atoms with Crippen LogP contribution in [0.2, 0.25) is 0 Å². The van der Waals surface area contributed by atoms with E-state index in [1.54, 1.807) is 4.52 Å². The number of nitrogens with zero attached hydrogens (tertiary/aromatic N) is 3. The molecule has 0 bridgehead atoms. The molecule has 0 amide bonds. The number of benzene rings is 1. The Morgan fingerprint density at radius 1 is 1.11 bits per heavy atom. The van der Waals surface area contributed by atoms with Crippen LogP contribution in [0.3, 0.4) is 0 Å². The Labute approximate surface area is 113 Å². The summed E-state index contributed by atoms with van der Waals surface area (Å²) in [6.07, 6.45) is 0.683. The molecule has 1 aromatic carbocycles. The van der Waals surface area contributed by atoms with Crippen molar-refractivity contribution in [2.75, 3.05) is 5.73 Å². The van der Waals surface area contributed by atoms with Crippen LogP contribution in [0.15, 0.2) is 46.9 Å². The highest BCUT2D eigenvalue weighted by atomic mass is 79.9. The Morgan fingerprint density at radius 2 is 1.94 bits per heavy atom. The molecule has 0 aliphatic heterocycles. The fraction of sp³-hybridized carbons (Fsp3) is 0.0769. The van der Waals surface area contributed by atoms with Crippen LogP contribution in [0.5, 0.6) is 0 Å². The minimum atomic E-state index is 0.596. The van der Waals surface area contributed by atoms with Gasteiger partial charge in [0.05, 0.1) is 0 Å². The molecule has 0 unspecified atom stereocenters. The van der Waals surface area contributed by atoms with Crippen LogP contribution >= 0.6 is 15.9 Å². The third-order valence-electron chi connectivity index (χ3n) is 2.74. The largest absolute Gasteiger partial charge is 0.384 e. The average Bonchev–Trinajstić information content (AvgIpc) is 2.76. The normalized spacial score (nSPS) is 10.9. The van der Waals surface area contributed by atoms with Crippen LogP contribution in [0, 0.1) is 0 Å². The molecule has 3 aromatic rings. The van der Waals surface area contributed by atoms with Crippen LogP contribution in [-0.4, -0.2) is 14.6 Å². The van der Waals surface area contributed by atoms with Gasteiger partial charge in [-0.25, -0.2) is 4.98 Å². The van der Waals surface area contributed by atoms with Gasteiger partial charge in [-0.05, 0) is 23.8 Å². The van der Waals surface area contributed by atoms with Crippen LogP contribution in [0.4, 0.5) is 5.82 Å². The Bertz CT molecular complexity index is 705. The number of fused-ring (bicyclic) bond motifs is 1. The second-order valence-electron chi connectivity index (χ2n) is 4.02. The molecular weight excluding hydrogens is 292 g/mol. The lowest BCUT2D eigenvalue weighted by Crippen LogP contribution is -1.98. The molecule has 5 heteroatoms. The molecular formula is C13H11BrN4. The van der Waals surface area contributed by atoms with Crippen molar-refractivity contribution in [2.45, 2.75) is 6.42 Å². The van der Waals surface area contributed by atoms with Gasteiger partial charge in [-0.1, -0.05) is 40.2 Å². The summed E-state index contributed by atoms with van der Waals surface area (Å²) in [6.45, 7) is 0. The number of rotatable bonds is 2. The molecule has 0 atom stereocenters. The molecule has 0 saturated carbocycles. The topological polar surface area (TPSA) is 56.2 Å². The van der Waals surface area contributed by atoms with Gasteiger partial charge in [0.25, 0.3) is 0 Å². The maximum atomic E-state index is 5.84. The van der Waals surface area contributed by atoms with Gasteiger partial charge in [0.1, 0.15) is 5.82 Å². The van der Waals surface area contributed by atoms with Crippen molar-refractivity contribution >= 4 is 27.4 Å². The number of nitrogen functional groups attached to an aromatic ring is 1. The lowest BCUT2D eigenvalue weighted by molar-refractivity contribution is 0.907. The molecule has 4 nitrogen and oxygen atoms in total. The van der Waals surface area contributed by atoms with Crippen LogP contribution < -0.4 is 5.73 Å². The van der Waals surface area contributed by atoms with Gasteiger partial charge in [0, 0.05) is 10.9 Å². The summed E-state index contributed by atoms with van der Waals surface area (Å²) in [5.41, 5.74) is 7.78. The Kier molecular flexibility index (Phi) is 2.76. The molecule has 2 heterocycles. The molecule has 0 aliphatic carbocycles. The van der Waals surface area contributed by atoms with Gasteiger partial charge in [0.2, 0.25) is 0 Å². The number of hydrogen-bond donors (Lipinski definition) is 1. The monoisotopic (exact) mass is 302 g/mol. The summed E-state index contributed by atoms with van der Waals surface area (Å²) in [5.74, 6) is 1.36. The van der Waals surface area contributed by atoms with E-state index in [9.17, 15) is 0 Å². The molecule has 0 spiro atoms. The van der Waals surface area contributed by atoms with E-state index in [4.69, 9.17) is 5.73 Å². The van der Waals surface area contributed by atoms with E-state index >= 15 is 0 Å². The van der Waals surface area contributed by atoms with Crippen LogP contribution in [0.25, 0.3) is 5.65 Å². The number of hydrogen-bond acceptors (Lipinski definition) is 3. The van der Waals surface area contributed by atoms with Crippen molar-refractivity contribution in [1.82, 2.24) is 14.6 Å². The first-order valence-corrected chi connectivity index (χ1v) is 6.37. The number of nitrogens with two attached hydrogens (primary N) is 1. The first kappa shape index (κ1) is 11.2. The van der Waals surface area contributed by atoms with Gasteiger partial charge in [-0.15, -0.1) is 5.10 Å². The van der Waals surface area contributed by atoms with E-state index < -0.39 is 0 Å². The fourth-order valence-electron chi connectivity index (χ4n) is 1.86. The molecule has 18 heavy (non-hydrogen) atoms. The van der Waals surface area contributed by atoms with Gasteiger partial charge >= 0.3 is 0 Å². The van der Waals surface area contributed by atoms with E-state index in [-0.39, 0.29) is 0 Å². The van der Waals surface area contributed by atoms with E-state index in [1.807, 2.05) is 36.4 Å². The third-order valence-corrected chi connectivity index (χ3v) is 3.51. The minimum absolute atomic E-state index is 0.596. The van der Waals surface area contributed by atoms with Gasteiger partial charge in [0.15, 0.2) is 11.5 Å². The molecule has 3 rings (SSSR count). The highest BCUT2D eigenvalue weighted by Crippen LogP contribution is 2.19. The predicted molar refractivity (Wildman–Crippen MR) is 74.3 cm³/mol. The number of halogens is 1. The first-order valence-electron chi connectivity index (χ1n) is 5.57. The van der Waals surface area contributed by atoms with E-state index in [2.05, 4.69) is 32.1 Å². The predicted octanol–water partition coefficient (Wildman–Crippen LogP) is 2.66. The summed E-state index contributed by atoms with van der Waals surface area (Å²) in [5, 5.41) is 4.41. The molecule has 2 aromatic heterocycles. The Hall–Kier alpha value is -1.88. The van der Waals surface area contributed by atoms with Crippen molar-refractivity contribution in [3.63, 3.8) is 0 Å². The number of aromatic nitrogens is 3. The molecule has 0 saturated heterocycles. The Morgan fingerprint density at radius 3 is 2.72 bits per heavy atom. The van der Waals surface area contributed by atoms with Crippen molar-refractivity contribution in [3.05, 3.63) is 58.3 Å². The first-order chi connectivity index (χ1) is 8.74. The average molecular weight is 303 g/mol. The molecule has 0 fully saturated rings. The standard InChI is InChI=1S/C13H11BrN4/c14-10-5-2-1-4-9(10)8-12-16-13-7-3-6-11(15)18(13)17-12/h1-7H,8,15H2. The summed E-state index contributed by atoms with van der Waals surface area (Å²) in [6, 6.07) is 13.6. The zero-order valence-electron chi connectivity index (χ0n) is 9.55. The van der Waals surface area contributed by atoms with E-state index in [0.29, 0.717) is 12.2 Å². The number of anilines is 1. The molecule has 0 aliphatic rings. The summed E-state index contributed by atoms with van der Waals surface area (Å²) < 4.78 is 2.73. The summed E-state index contributed by atoms with van der Waals surface area (Å²) in [7, 11) is 0. The SMILES string of the molecule is Nc1cccc2nc(Cc3ccccc3Br)nn12. The maximum absolute atomic E-state index is 5.84. The fourth-order valence-corrected chi connectivity index (χ4v) is 2.28. The van der Waals surface area contributed by atoms with Gasteiger partial charge in [-0.2, -0.15) is 4.52 Å². The molecule has 2 N–H and O–H groups in total. The minimum Gasteiger partial charge on any atom is -0.384 e. The number of pyridine rings is 1. The lowest BCUT2D eigenvalue weighted by Gasteiger charge is -1.99. The smallest absolute Gasteiger partial charge is 0.157 e. The molecule has 90 valence electrons. The second kappa shape index (κ2) is 4.42. The molecule has 0 radical (unpaired) electrons. The van der Waals surface area contributed by atoms with Crippen LogP contribution in [-0.2, 0) is 6.42 Å². The van der Waals surface area contributed by atoms with Crippen molar-refractivity contribution in [1.29, 1.82) is 0 Å². The highest BCUT2D eigenvalue weighted by molar-refractivity contribution is 9.10. The van der Waals surface area contributed by atoms with Gasteiger partial charge < -0.3 is 5.73 Å². The summed E-state index contributed by atoms with van der Waals surface area (Å²) in [4.78, 5) is 4.46. The van der Waals surface area contributed by atoms with Crippen molar-refractivity contribution in [2.24, 2.45) is 0 Å². The summed E-state index contributed by atoms with van der Waals surface area (Å²) >= 11 is 3.53. The lowest BCUT2D eigenvalue weighted by atomic mass is 10.1. The quantitative estimate of drug-likeness (QED) is 0.792. The van der Waals surface area contributed by atoms with E-state index in [0.717, 1.165) is 21.5 Å². The zero-order chi connectivity index (χ0) is 12.5. The highest BCUT2D eigenvalue weighted by Gasteiger charge is 2.07. The van der Waals surface area contributed by atoms with Gasteiger partial charge in [-0.3, -0.25) is 0 Å². The van der Waals surface area contributed by atoms with Crippen LogP contribution in [0.1, 0.15) is 11.4 Å².